The largest absolute Gasteiger partial charge is 0.462 e. The first kappa shape index (κ1) is 52.0. The highest BCUT2D eigenvalue weighted by molar-refractivity contribution is 5.70. The van der Waals surface area contributed by atoms with Crippen LogP contribution in [0.1, 0.15) is 174 Å². The summed E-state index contributed by atoms with van der Waals surface area (Å²) in [5.74, 6) is -0.640. The van der Waals surface area contributed by atoms with Gasteiger partial charge in [0, 0.05) is 33.0 Å². The summed E-state index contributed by atoms with van der Waals surface area (Å²) in [6, 6.07) is 0. The standard InChI is InChI=1S/C43H83NO10/c1-5-7-9-11-13-15-17-19-21-23-25-27-41(45)53-38-40(54-42(46)28-26-24-22-20-18-16-14-12-10-8-6-2)35-44-43(47)52-30-29-39(36-50-33-31-48-3)37-51-34-32-49-4/h39-40H,5-38H2,1-4H3,(H,44,47). The number of carbonyl (C=O) groups excluding carboxylic acids is 3. The summed E-state index contributed by atoms with van der Waals surface area (Å²) in [6.45, 7) is 7.34. The SMILES string of the molecule is CCCCCCCCCCCCCC(=O)OCC(CNC(=O)OCCC(COCCOC)COCCOC)OC(=O)CCCCCCCCCCCCC. The Hall–Kier alpha value is -1.95. The predicted molar refractivity (Wildman–Crippen MR) is 216 cm³/mol. The van der Waals surface area contributed by atoms with E-state index in [9.17, 15) is 14.4 Å². The van der Waals surface area contributed by atoms with Crippen LogP contribution in [0.3, 0.4) is 0 Å². The Morgan fingerprint density at radius 3 is 1.35 bits per heavy atom. The van der Waals surface area contributed by atoms with Gasteiger partial charge in [0.15, 0.2) is 6.10 Å². The fraction of sp³-hybridized carbons (Fsp3) is 0.930. The van der Waals surface area contributed by atoms with Gasteiger partial charge in [-0.25, -0.2) is 4.79 Å². The fourth-order valence-electron chi connectivity index (χ4n) is 6.07. The maximum Gasteiger partial charge on any atom is 0.407 e. The number of hydrogen-bond donors (Lipinski definition) is 1. The van der Waals surface area contributed by atoms with Crippen LogP contribution < -0.4 is 5.32 Å². The minimum Gasteiger partial charge on any atom is -0.462 e. The highest BCUT2D eigenvalue weighted by Gasteiger charge is 2.19. The van der Waals surface area contributed by atoms with Gasteiger partial charge in [-0.2, -0.15) is 0 Å². The topological polar surface area (TPSA) is 128 Å². The molecule has 0 saturated heterocycles. The molecule has 1 unspecified atom stereocenters. The lowest BCUT2D eigenvalue weighted by atomic mass is 10.1. The van der Waals surface area contributed by atoms with E-state index in [1.54, 1.807) is 14.2 Å². The smallest absolute Gasteiger partial charge is 0.407 e. The van der Waals surface area contributed by atoms with E-state index in [4.69, 9.17) is 33.2 Å². The third-order valence-corrected chi connectivity index (χ3v) is 9.50. The van der Waals surface area contributed by atoms with E-state index < -0.39 is 12.2 Å². The first-order valence-corrected chi connectivity index (χ1v) is 21.9. The quantitative estimate of drug-likeness (QED) is 0.0364. The van der Waals surface area contributed by atoms with Crippen molar-refractivity contribution in [1.82, 2.24) is 5.32 Å². The molecule has 0 aromatic rings. The Morgan fingerprint density at radius 2 is 0.907 bits per heavy atom. The summed E-state index contributed by atoms with van der Waals surface area (Å²) in [6.07, 6.45) is 26.2. The van der Waals surface area contributed by atoms with Crippen molar-refractivity contribution in [2.24, 2.45) is 5.92 Å². The fourth-order valence-corrected chi connectivity index (χ4v) is 6.07. The van der Waals surface area contributed by atoms with Crippen molar-refractivity contribution in [3.05, 3.63) is 0 Å². The average molecular weight is 774 g/mol. The number of hydrogen-bond acceptors (Lipinski definition) is 10. The van der Waals surface area contributed by atoms with Gasteiger partial charge in [0.25, 0.3) is 0 Å². The van der Waals surface area contributed by atoms with Crippen LogP contribution in [0.2, 0.25) is 0 Å². The molecule has 0 aliphatic heterocycles. The lowest BCUT2D eigenvalue weighted by Crippen LogP contribution is -2.38. The highest BCUT2D eigenvalue weighted by Crippen LogP contribution is 2.14. The van der Waals surface area contributed by atoms with Crippen LogP contribution in [0, 0.1) is 5.92 Å². The van der Waals surface area contributed by atoms with E-state index in [1.165, 1.54) is 103 Å². The zero-order chi connectivity index (χ0) is 39.6. The number of methoxy groups -OCH3 is 2. The Kier molecular flexibility index (Phi) is 40.7. The molecule has 54 heavy (non-hydrogen) atoms. The summed E-state index contributed by atoms with van der Waals surface area (Å²) >= 11 is 0. The third-order valence-electron chi connectivity index (χ3n) is 9.50. The minimum absolute atomic E-state index is 0.0156. The van der Waals surface area contributed by atoms with Crippen molar-refractivity contribution in [3.63, 3.8) is 0 Å². The molecule has 1 atom stereocenters. The second-order valence-corrected chi connectivity index (χ2v) is 14.7. The number of ether oxygens (including phenoxy) is 7. The van der Waals surface area contributed by atoms with Gasteiger partial charge in [0.2, 0.25) is 0 Å². The van der Waals surface area contributed by atoms with Gasteiger partial charge < -0.3 is 38.5 Å². The lowest BCUT2D eigenvalue weighted by molar-refractivity contribution is -0.158. The van der Waals surface area contributed by atoms with Gasteiger partial charge in [-0.05, 0) is 19.3 Å². The molecule has 11 heteroatoms. The number of amides is 1. The average Bonchev–Trinajstić information content (AvgIpc) is 3.17. The van der Waals surface area contributed by atoms with Crippen molar-refractivity contribution >= 4 is 18.0 Å². The Bertz CT molecular complexity index is 818. The van der Waals surface area contributed by atoms with Crippen LogP contribution in [-0.4, -0.2) is 97.8 Å². The molecule has 0 heterocycles. The van der Waals surface area contributed by atoms with Crippen molar-refractivity contribution in [2.75, 3.05) is 73.6 Å². The molecular weight excluding hydrogens is 690 g/mol. The zero-order valence-corrected chi connectivity index (χ0v) is 35.3. The van der Waals surface area contributed by atoms with Crippen molar-refractivity contribution in [1.29, 1.82) is 0 Å². The van der Waals surface area contributed by atoms with E-state index in [2.05, 4.69) is 19.2 Å². The normalized spacial score (nSPS) is 11.9. The lowest BCUT2D eigenvalue weighted by Gasteiger charge is -2.19. The number of unbranched alkanes of at least 4 members (excludes halogenated alkanes) is 20. The first-order chi connectivity index (χ1) is 26.5. The number of carbonyl (C=O) groups is 3. The van der Waals surface area contributed by atoms with Crippen molar-refractivity contribution in [3.8, 4) is 0 Å². The van der Waals surface area contributed by atoms with Crippen LogP contribution in [-0.2, 0) is 42.7 Å². The van der Waals surface area contributed by atoms with Gasteiger partial charge in [-0.3, -0.25) is 9.59 Å². The molecule has 0 aliphatic carbocycles. The van der Waals surface area contributed by atoms with Crippen LogP contribution in [0.5, 0.6) is 0 Å². The Morgan fingerprint density at radius 1 is 0.481 bits per heavy atom. The molecular formula is C43H83NO10. The Labute approximate surface area is 330 Å². The second-order valence-electron chi connectivity index (χ2n) is 14.7. The second kappa shape index (κ2) is 42.2. The van der Waals surface area contributed by atoms with Crippen molar-refractivity contribution in [2.45, 2.75) is 180 Å². The van der Waals surface area contributed by atoms with Gasteiger partial charge in [-0.1, -0.05) is 142 Å². The molecule has 11 nitrogen and oxygen atoms in total. The molecule has 0 spiro atoms. The van der Waals surface area contributed by atoms with E-state index >= 15 is 0 Å². The number of nitrogens with one attached hydrogen (secondary N) is 1. The maximum atomic E-state index is 12.7. The molecule has 0 bridgehead atoms. The van der Waals surface area contributed by atoms with Crippen LogP contribution in [0.4, 0.5) is 4.79 Å². The van der Waals surface area contributed by atoms with Gasteiger partial charge in [-0.15, -0.1) is 0 Å². The van der Waals surface area contributed by atoms with E-state index in [-0.39, 0.29) is 37.6 Å². The summed E-state index contributed by atoms with van der Waals surface area (Å²) in [4.78, 5) is 37.9. The highest BCUT2D eigenvalue weighted by atomic mass is 16.6. The summed E-state index contributed by atoms with van der Waals surface area (Å²) in [5.41, 5.74) is 0. The summed E-state index contributed by atoms with van der Waals surface area (Å²) < 4.78 is 38.0. The minimum atomic E-state index is -0.796. The van der Waals surface area contributed by atoms with E-state index in [1.807, 2.05) is 0 Å². The predicted octanol–water partition coefficient (Wildman–Crippen LogP) is 9.90. The Balaban J connectivity index is 4.65. The molecule has 0 fully saturated rings. The summed E-state index contributed by atoms with van der Waals surface area (Å²) in [5, 5.41) is 2.68. The van der Waals surface area contributed by atoms with Crippen LogP contribution >= 0.6 is 0 Å². The van der Waals surface area contributed by atoms with Gasteiger partial charge in [0.05, 0.1) is 52.8 Å². The maximum absolute atomic E-state index is 12.7. The molecule has 320 valence electrons. The molecule has 0 saturated carbocycles. The molecule has 0 radical (unpaired) electrons. The van der Waals surface area contributed by atoms with Gasteiger partial charge in [0.1, 0.15) is 6.61 Å². The number of esters is 2. The van der Waals surface area contributed by atoms with Gasteiger partial charge >= 0.3 is 18.0 Å². The number of rotatable bonds is 42. The first-order valence-electron chi connectivity index (χ1n) is 21.9. The monoisotopic (exact) mass is 774 g/mol. The summed E-state index contributed by atoms with van der Waals surface area (Å²) in [7, 11) is 3.24. The molecule has 0 rings (SSSR count). The third kappa shape index (κ3) is 38.3. The van der Waals surface area contributed by atoms with E-state index in [0.29, 0.717) is 58.9 Å². The molecule has 0 aromatic heterocycles. The van der Waals surface area contributed by atoms with Crippen molar-refractivity contribution < 1.29 is 47.5 Å². The zero-order valence-electron chi connectivity index (χ0n) is 35.3. The molecule has 1 N–H and O–H groups in total. The van der Waals surface area contributed by atoms with E-state index in [0.717, 1.165) is 38.5 Å². The van der Waals surface area contributed by atoms with Crippen LogP contribution in [0.15, 0.2) is 0 Å². The molecule has 0 aromatic carbocycles. The molecule has 1 amide bonds. The molecule has 0 aliphatic rings. The number of alkyl carbamates (subject to hydrolysis) is 1. The van der Waals surface area contributed by atoms with Crippen LogP contribution in [0.25, 0.3) is 0 Å².